The van der Waals surface area contributed by atoms with Crippen LogP contribution in [0.5, 0.6) is 5.75 Å². The van der Waals surface area contributed by atoms with E-state index in [9.17, 15) is 14.0 Å². The van der Waals surface area contributed by atoms with E-state index in [4.69, 9.17) is 9.47 Å². The van der Waals surface area contributed by atoms with Crippen LogP contribution in [0.15, 0.2) is 66.0 Å². The van der Waals surface area contributed by atoms with Gasteiger partial charge in [0.15, 0.2) is 0 Å². The van der Waals surface area contributed by atoms with Gasteiger partial charge in [-0.15, -0.1) is 11.3 Å². The lowest BCUT2D eigenvalue weighted by molar-refractivity contribution is 0.0487. The molecule has 0 saturated carbocycles. The second-order valence-corrected chi connectivity index (χ2v) is 7.10. The van der Waals surface area contributed by atoms with E-state index in [0.29, 0.717) is 34.9 Å². The molecule has 0 radical (unpaired) electrons. The minimum atomic E-state index is -0.506. The Hall–Kier alpha value is -3.19. The monoisotopic (exact) mass is 413 g/mol. The van der Waals surface area contributed by atoms with Crippen LogP contribution in [-0.2, 0) is 4.74 Å². The van der Waals surface area contributed by atoms with Crippen LogP contribution in [0.2, 0.25) is 0 Å². The molecule has 0 aliphatic rings. The number of rotatable bonds is 8. The van der Waals surface area contributed by atoms with Gasteiger partial charge in [0.1, 0.15) is 11.6 Å². The van der Waals surface area contributed by atoms with Gasteiger partial charge in [-0.3, -0.25) is 4.79 Å². The smallest absolute Gasteiger partial charge is 0.340 e. The molecule has 3 rings (SSSR count). The third-order valence-corrected chi connectivity index (χ3v) is 4.98. The number of carbonyl (C=O) groups excluding carboxylic acids is 2. The third kappa shape index (κ3) is 5.42. The van der Waals surface area contributed by atoms with Gasteiger partial charge in [0.2, 0.25) is 0 Å². The van der Waals surface area contributed by atoms with Gasteiger partial charge in [0.25, 0.3) is 5.91 Å². The molecule has 1 heterocycles. The van der Waals surface area contributed by atoms with Crippen LogP contribution in [0.3, 0.4) is 0 Å². The third-order valence-electron chi connectivity index (χ3n) is 4.13. The molecule has 1 aromatic heterocycles. The molecule has 0 aliphatic carbocycles. The van der Waals surface area contributed by atoms with Gasteiger partial charge in [0.05, 0.1) is 29.3 Å². The second-order valence-electron chi connectivity index (χ2n) is 6.15. The predicted molar refractivity (Wildman–Crippen MR) is 110 cm³/mol. The van der Waals surface area contributed by atoms with Crippen molar-refractivity contribution in [3.05, 3.63) is 82.3 Å². The highest BCUT2D eigenvalue weighted by Gasteiger charge is 2.20. The number of hydrogen-bond donors (Lipinski definition) is 0. The highest BCUT2D eigenvalue weighted by molar-refractivity contribution is 7.12. The number of ether oxygens (including phenoxy) is 2. The van der Waals surface area contributed by atoms with Gasteiger partial charge in [-0.1, -0.05) is 18.2 Å². The SMILES string of the molecule is CN(C(=O)c1cccs1)c1ccccc1C(=O)OCCCOc1ccc(F)cc1. The average molecular weight is 413 g/mol. The Kier molecular flexibility index (Phi) is 6.97. The van der Waals surface area contributed by atoms with E-state index in [1.165, 1.54) is 40.5 Å². The van der Waals surface area contributed by atoms with Crippen LogP contribution >= 0.6 is 11.3 Å². The maximum absolute atomic E-state index is 12.9. The lowest BCUT2D eigenvalue weighted by Crippen LogP contribution is -2.27. The Morgan fingerprint density at radius 3 is 2.48 bits per heavy atom. The van der Waals surface area contributed by atoms with Crippen LogP contribution in [0.1, 0.15) is 26.5 Å². The lowest BCUT2D eigenvalue weighted by atomic mass is 10.1. The molecule has 0 fully saturated rings. The van der Waals surface area contributed by atoms with Crippen molar-refractivity contribution in [2.45, 2.75) is 6.42 Å². The first kappa shape index (κ1) is 20.5. The van der Waals surface area contributed by atoms with Crippen molar-refractivity contribution in [3.8, 4) is 5.75 Å². The van der Waals surface area contributed by atoms with Crippen molar-refractivity contribution in [2.24, 2.45) is 0 Å². The van der Waals surface area contributed by atoms with Gasteiger partial charge in [-0.05, 0) is 47.8 Å². The Labute approximate surface area is 172 Å². The zero-order valence-corrected chi connectivity index (χ0v) is 16.7. The summed E-state index contributed by atoms with van der Waals surface area (Å²) in [7, 11) is 1.63. The molecule has 7 heteroatoms. The molecule has 0 unspecified atom stereocenters. The standard InChI is InChI=1S/C22H20FNO4S/c1-24(21(25)20-8-4-15-29-20)19-7-3-2-6-18(19)22(26)28-14-5-13-27-17-11-9-16(23)10-12-17/h2-4,6-12,15H,5,13-14H2,1H3. The Morgan fingerprint density at radius 1 is 1.00 bits per heavy atom. The number of thiophene rings is 1. The van der Waals surface area contributed by atoms with E-state index < -0.39 is 5.97 Å². The maximum Gasteiger partial charge on any atom is 0.340 e. The molecule has 5 nitrogen and oxygen atoms in total. The van der Waals surface area contributed by atoms with Crippen LogP contribution in [0.4, 0.5) is 10.1 Å². The number of para-hydroxylation sites is 1. The van der Waals surface area contributed by atoms with Crippen molar-refractivity contribution < 1.29 is 23.5 Å². The van der Waals surface area contributed by atoms with Crippen molar-refractivity contribution >= 4 is 28.9 Å². The van der Waals surface area contributed by atoms with Gasteiger partial charge in [-0.2, -0.15) is 0 Å². The number of halogens is 1. The van der Waals surface area contributed by atoms with E-state index in [1.807, 2.05) is 5.38 Å². The van der Waals surface area contributed by atoms with Gasteiger partial charge < -0.3 is 14.4 Å². The van der Waals surface area contributed by atoms with Gasteiger partial charge in [0, 0.05) is 13.5 Å². The molecule has 1 amide bonds. The fourth-order valence-electron chi connectivity index (χ4n) is 2.64. The summed E-state index contributed by atoms with van der Waals surface area (Å²) in [5, 5.41) is 1.83. The summed E-state index contributed by atoms with van der Waals surface area (Å²) in [4.78, 5) is 27.1. The minimum Gasteiger partial charge on any atom is -0.493 e. The first-order valence-corrected chi connectivity index (χ1v) is 9.90. The minimum absolute atomic E-state index is 0.164. The summed E-state index contributed by atoms with van der Waals surface area (Å²) in [6.45, 7) is 0.494. The molecule has 0 aliphatic heterocycles. The van der Waals surface area contributed by atoms with Crippen molar-refractivity contribution in [1.29, 1.82) is 0 Å². The molecular formula is C22H20FNO4S. The summed E-state index contributed by atoms with van der Waals surface area (Å²) in [5.41, 5.74) is 0.804. The quantitative estimate of drug-likeness (QED) is 0.394. The first-order valence-electron chi connectivity index (χ1n) is 9.02. The molecule has 0 bridgehead atoms. The highest BCUT2D eigenvalue weighted by Crippen LogP contribution is 2.23. The number of carbonyl (C=O) groups is 2. The zero-order chi connectivity index (χ0) is 20.6. The first-order chi connectivity index (χ1) is 14.1. The van der Waals surface area contributed by atoms with Crippen LogP contribution in [0.25, 0.3) is 0 Å². The Balaban J connectivity index is 1.54. The summed E-state index contributed by atoms with van der Waals surface area (Å²) in [6.07, 6.45) is 0.481. The number of amides is 1. The summed E-state index contributed by atoms with van der Waals surface area (Å²) >= 11 is 1.34. The molecular weight excluding hydrogens is 393 g/mol. The largest absolute Gasteiger partial charge is 0.493 e. The van der Waals surface area contributed by atoms with Crippen LogP contribution < -0.4 is 9.64 Å². The molecule has 0 atom stereocenters. The van der Waals surface area contributed by atoms with Crippen molar-refractivity contribution in [3.63, 3.8) is 0 Å². The summed E-state index contributed by atoms with van der Waals surface area (Å²) < 4.78 is 23.7. The normalized spacial score (nSPS) is 10.4. The van der Waals surface area contributed by atoms with Gasteiger partial charge in [-0.25, -0.2) is 9.18 Å². The highest BCUT2D eigenvalue weighted by atomic mass is 32.1. The molecule has 150 valence electrons. The predicted octanol–water partition coefficient (Wildman–Crippen LogP) is 4.79. The molecule has 2 aromatic carbocycles. The number of hydrogen-bond acceptors (Lipinski definition) is 5. The van der Waals surface area contributed by atoms with Crippen molar-refractivity contribution in [2.75, 3.05) is 25.2 Å². The van der Waals surface area contributed by atoms with E-state index in [-0.39, 0.29) is 18.3 Å². The van der Waals surface area contributed by atoms with Gasteiger partial charge >= 0.3 is 5.97 Å². The van der Waals surface area contributed by atoms with Crippen molar-refractivity contribution in [1.82, 2.24) is 0 Å². The van der Waals surface area contributed by atoms with E-state index in [0.717, 1.165) is 0 Å². The topological polar surface area (TPSA) is 55.8 Å². The Bertz CT molecular complexity index is 957. The zero-order valence-electron chi connectivity index (χ0n) is 15.8. The molecule has 0 saturated heterocycles. The number of benzene rings is 2. The average Bonchev–Trinajstić information content (AvgIpc) is 3.28. The van der Waals surface area contributed by atoms with E-state index in [2.05, 4.69) is 0 Å². The molecule has 0 N–H and O–H groups in total. The second kappa shape index (κ2) is 9.84. The van der Waals surface area contributed by atoms with E-state index in [1.54, 1.807) is 43.4 Å². The number of anilines is 1. The number of esters is 1. The molecule has 3 aromatic rings. The molecule has 0 spiro atoms. The van der Waals surface area contributed by atoms with Crippen LogP contribution in [-0.4, -0.2) is 32.1 Å². The molecule has 29 heavy (non-hydrogen) atoms. The van der Waals surface area contributed by atoms with E-state index >= 15 is 0 Å². The fourth-order valence-corrected chi connectivity index (χ4v) is 3.33. The van der Waals surface area contributed by atoms with Crippen LogP contribution in [0, 0.1) is 5.82 Å². The summed E-state index contributed by atoms with van der Waals surface area (Å²) in [5.74, 6) is -0.467. The Morgan fingerprint density at radius 2 is 1.76 bits per heavy atom. The number of nitrogens with zero attached hydrogens (tertiary/aromatic N) is 1. The maximum atomic E-state index is 12.9. The fraction of sp³-hybridized carbons (Fsp3) is 0.182. The lowest BCUT2D eigenvalue weighted by Gasteiger charge is -2.19. The summed E-state index contributed by atoms with van der Waals surface area (Å²) in [6, 6.07) is 16.1.